The summed E-state index contributed by atoms with van der Waals surface area (Å²) in [5.74, 6) is -1.46. The fourth-order valence-corrected chi connectivity index (χ4v) is 4.88. The maximum Gasteiger partial charge on any atom is 0.254 e. The molecule has 1 fully saturated rings. The number of rotatable bonds is 6. The first-order valence-electron chi connectivity index (χ1n) is 9.68. The third-order valence-electron chi connectivity index (χ3n) is 4.87. The van der Waals surface area contributed by atoms with Gasteiger partial charge in [0.2, 0.25) is 15.9 Å². The van der Waals surface area contributed by atoms with Crippen LogP contribution in [-0.4, -0.2) is 56.1 Å². The molecular weight excluding hydrogens is 409 g/mol. The van der Waals surface area contributed by atoms with E-state index in [0.717, 1.165) is 19.3 Å². The van der Waals surface area contributed by atoms with Gasteiger partial charge < -0.3 is 10.2 Å². The maximum absolute atomic E-state index is 13.2. The number of anilines is 1. The number of amides is 2. The first-order valence-corrected chi connectivity index (χ1v) is 11.1. The van der Waals surface area contributed by atoms with E-state index in [1.165, 1.54) is 64.8 Å². The lowest BCUT2D eigenvalue weighted by Gasteiger charge is -2.26. The van der Waals surface area contributed by atoms with Crippen molar-refractivity contribution in [2.45, 2.75) is 24.2 Å². The Kier molecular flexibility index (Phi) is 6.84. The second-order valence-corrected chi connectivity index (χ2v) is 9.15. The number of hydrogen-bond donors (Lipinski definition) is 1. The topological polar surface area (TPSA) is 86.8 Å². The summed E-state index contributed by atoms with van der Waals surface area (Å²) < 4.78 is 40.4. The summed E-state index contributed by atoms with van der Waals surface area (Å²) in [4.78, 5) is 26.1. The Balaban J connectivity index is 1.68. The van der Waals surface area contributed by atoms with Gasteiger partial charge in [0.05, 0.1) is 11.4 Å². The highest BCUT2D eigenvalue weighted by atomic mass is 32.2. The van der Waals surface area contributed by atoms with Crippen LogP contribution in [-0.2, 0) is 14.8 Å². The van der Waals surface area contributed by atoms with Crippen LogP contribution in [0.1, 0.15) is 29.6 Å². The molecule has 0 aromatic heterocycles. The van der Waals surface area contributed by atoms with E-state index in [4.69, 9.17) is 0 Å². The zero-order valence-corrected chi connectivity index (χ0v) is 17.5. The number of benzene rings is 2. The summed E-state index contributed by atoms with van der Waals surface area (Å²) in [5.41, 5.74) is 0.463. The summed E-state index contributed by atoms with van der Waals surface area (Å²) in [6.45, 7) is 0.680. The molecule has 2 aromatic carbocycles. The van der Waals surface area contributed by atoms with E-state index >= 15 is 0 Å². The molecule has 0 unspecified atom stereocenters. The van der Waals surface area contributed by atoms with Gasteiger partial charge in [0.1, 0.15) is 5.82 Å². The number of piperidine rings is 1. The molecule has 30 heavy (non-hydrogen) atoms. The van der Waals surface area contributed by atoms with Gasteiger partial charge in [0, 0.05) is 31.4 Å². The lowest BCUT2D eigenvalue weighted by molar-refractivity contribution is -0.116. The summed E-state index contributed by atoms with van der Waals surface area (Å²) in [6, 6.07) is 11.3. The normalized spacial score (nSPS) is 14.9. The molecule has 0 radical (unpaired) electrons. The number of carbonyl (C=O) groups excluding carboxylic acids is 2. The van der Waals surface area contributed by atoms with Gasteiger partial charge in [-0.05, 0) is 49.2 Å². The predicted octanol–water partition coefficient (Wildman–Crippen LogP) is 2.71. The van der Waals surface area contributed by atoms with Gasteiger partial charge in [-0.2, -0.15) is 4.31 Å². The zero-order chi connectivity index (χ0) is 21.7. The van der Waals surface area contributed by atoms with Crippen molar-refractivity contribution in [3.8, 4) is 0 Å². The lowest BCUT2D eigenvalue weighted by atomic mass is 10.2. The molecule has 0 bridgehead atoms. The van der Waals surface area contributed by atoms with Crippen molar-refractivity contribution < 1.29 is 22.4 Å². The van der Waals surface area contributed by atoms with E-state index in [-0.39, 0.29) is 22.7 Å². The van der Waals surface area contributed by atoms with Crippen molar-refractivity contribution in [1.82, 2.24) is 9.21 Å². The van der Waals surface area contributed by atoms with Gasteiger partial charge in [0.15, 0.2) is 0 Å². The molecule has 0 atom stereocenters. The van der Waals surface area contributed by atoms with Crippen molar-refractivity contribution in [2.24, 2.45) is 0 Å². The number of nitrogens with one attached hydrogen (secondary N) is 1. The Labute approximate surface area is 175 Å². The van der Waals surface area contributed by atoms with Crippen LogP contribution in [0.2, 0.25) is 0 Å². The highest BCUT2D eigenvalue weighted by Gasteiger charge is 2.27. The molecule has 1 saturated heterocycles. The molecule has 2 aromatic rings. The van der Waals surface area contributed by atoms with Crippen LogP contribution in [0.3, 0.4) is 0 Å². The molecule has 9 heteroatoms. The molecule has 0 spiro atoms. The van der Waals surface area contributed by atoms with E-state index in [9.17, 15) is 22.4 Å². The lowest BCUT2D eigenvalue weighted by Crippen LogP contribution is -2.36. The summed E-state index contributed by atoms with van der Waals surface area (Å²) >= 11 is 0. The molecule has 1 aliphatic heterocycles. The van der Waals surface area contributed by atoms with Crippen LogP contribution in [0.5, 0.6) is 0 Å². The predicted molar refractivity (Wildman–Crippen MR) is 111 cm³/mol. The van der Waals surface area contributed by atoms with Gasteiger partial charge in [-0.25, -0.2) is 12.8 Å². The average Bonchev–Trinajstić information content (AvgIpc) is 2.73. The summed E-state index contributed by atoms with van der Waals surface area (Å²) in [7, 11) is -2.22. The number of carbonyl (C=O) groups is 2. The van der Waals surface area contributed by atoms with Crippen molar-refractivity contribution in [1.29, 1.82) is 0 Å². The minimum absolute atomic E-state index is 0.0628. The second kappa shape index (κ2) is 9.36. The van der Waals surface area contributed by atoms with Gasteiger partial charge in [-0.1, -0.05) is 18.6 Å². The molecule has 1 heterocycles. The largest absolute Gasteiger partial charge is 0.332 e. The van der Waals surface area contributed by atoms with E-state index in [1.807, 2.05) is 0 Å². The first kappa shape index (κ1) is 21.9. The third kappa shape index (κ3) is 5.22. The zero-order valence-electron chi connectivity index (χ0n) is 16.7. The Hall–Kier alpha value is -2.78. The van der Waals surface area contributed by atoms with Crippen LogP contribution in [0.4, 0.5) is 10.1 Å². The molecule has 2 amide bonds. The highest BCUT2D eigenvalue weighted by Crippen LogP contribution is 2.21. The quantitative estimate of drug-likeness (QED) is 0.759. The monoisotopic (exact) mass is 433 g/mol. The van der Waals surface area contributed by atoms with Crippen LogP contribution in [0.25, 0.3) is 0 Å². The van der Waals surface area contributed by atoms with Crippen LogP contribution < -0.4 is 5.32 Å². The minimum atomic E-state index is -3.66. The molecule has 1 N–H and O–H groups in total. The van der Waals surface area contributed by atoms with E-state index in [2.05, 4.69) is 5.32 Å². The third-order valence-corrected chi connectivity index (χ3v) is 6.76. The molecule has 0 saturated carbocycles. The van der Waals surface area contributed by atoms with Gasteiger partial charge >= 0.3 is 0 Å². The molecule has 160 valence electrons. The summed E-state index contributed by atoms with van der Waals surface area (Å²) in [5, 5.41) is 2.52. The minimum Gasteiger partial charge on any atom is -0.332 e. The Morgan fingerprint density at radius 1 is 1.07 bits per heavy atom. The number of hydrogen-bond acceptors (Lipinski definition) is 4. The number of likely N-dealkylation sites (N-methyl/N-ethyl adjacent to an activating group) is 1. The van der Waals surface area contributed by atoms with E-state index in [0.29, 0.717) is 13.1 Å². The van der Waals surface area contributed by atoms with Crippen LogP contribution in [0.15, 0.2) is 53.4 Å². The number of halogens is 1. The number of sulfonamides is 1. The smallest absolute Gasteiger partial charge is 0.254 e. The van der Waals surface area contributed by atoms with Crippen molar-refractivity contribution in [3.63, 3.8) is 0 Å². The Bertz CT molecular complexity index is 1040. The fraction of sp³-hybridized carbons (Fsp3) is 0.333. The standard InChI is InChI=1S/C21H24FN3O4S/c1-24(15-20(26)23-18-9-6-8-17(22)14-18)21(27)16-7-5-10-19(13-16)30(28,29)25-11-3-2-4-12-25/h5-10,13-14H,2-4,11-12,15H2,1H3,(H,23,26). The average molecular weight is 434 g/mol. The molecular formula is C21H24FN3O4S. The van der Waals surface area contributed by atoms with E-state index < -0.39 is 27.7 Å². The van der Waals surface area contributed by atoms with Crippen LogP contribution >= 0.6 is 0 Å². The van der Waals surface area contributed by atoms with Crippen molar-refractivity contribution >= 4 is 27.5 Å². The molecule has 0 aliphatic carbocycles. The second-order valence-electron chi connectivity index (χ2n) is 7.21. The summed E-state index contributed by atoms with van der Waals surface area (Å²) in [6.07, 6.45) is 2.65. The van der Waals surface area contributed by atoms with Crippen LogP contribution in [0, 0.1) is 5.82 Å². The SMILES string of the molecule is CN(CC(=O)Nc1cccc(F)c1)C(=O)c1cccc(S(=O)(=O)N2CCCCC2)c1. The van der Waals surface area contributed by atoms with Crippen molar-refractivity contribution in [2.75, 3.05) is 32.0 Å². The van der Waals surface area contributed by atoms with Gasteiger partial charge in [-0.15, -0.1) is 0 Å². The molecule has 3 rings (SSSR count). The Morgan fingerprint density at radius 2 is 1.77 bits per heavy atom. The van der Waals surface area contributed by atoms with Crippen molar-refractivity contribution in [3.05, 3.63) is 59.9 Å². The fourth-order valence-electron chi connectivity index (χ4n) is 3.32. The van der Waals surface area contributed by atoms with Gasteiger partial charge in [-0.3, -0.25) is 9.59 Å². The van der Waals surface area contributed by atoms with E-state index in [1.54, 1.807) is 0 Å². The Morgan fingerprint density at radius 3 is 2.47 bits per heavy atom. The van der Waals surface area contributed by atoms with Gasteiger partial charge in [0.25, 0.3) is 5.91 Å². The first-order chi connectivity index (χ1) is 14.3. The highest BCUT2D eigenvalue weighted by molar-refractivity contribution is 7.89. The number of nitrogens with zero attached hydrogens (tertiary/aromatic N) is 2. The maximum atomic E-state index is 13.2. The molecule has 1 aliphatic rings. The molecule has 7 nitrogen and oxygen atoms in total.